The number of amides is 1. The fraction of sp³-hybridized carbons (Fsp3) is 0.917. The number of nitrogens with zero attached hydrogens (tertiary/aromatic N) is 1. The molecule has 2 rings (SSSR count). The summed E-state index contributed by atoms with van der Waals surface area (Å²) in [6.07, 6.45) is 2.24. The van der Waals surface area contributed by atoms with E-state index in [9.17, 15) is 9.90 Å². The molecule has 0 aromatic carbocycles. The van der Waals surface area contributed by atoms with Crippen molar-refractivity contribution in [1.29, 1.82) is 0 Å². The van der Waals surface area contributed by atoms with Gasteiger partial charge in [0, 0.05) is 32.7 Å². The van der Waals surface area contributed by atoms with Crippen LogP contribution in [0.3, 0.4) is 0 Å². The minimum atomic E-state index is -0.467. The van der Waals surface area contributed by atoms with Gasteiger partial charge in [-0.15, -0.1) is 0 Å². The molecule has 5 heteroatoms. The maximum absolute atomic E-state index is 12.1. The van der Waals surface area contributed by atoms with Gasteiger partial charge in [0.2, 0.25) is 5.91 Å². The molecule has 2 aliphatic rings. The largest absolute Gasteiger partial charge is 0.393 e. The third-order valence-electron chi connectivity index (χ3n) is 4.08. The van der Waals surface area contributed by atoms with Gasteiger partial charge in [-0.1, -0.05) is 0 Å². The van der Waals surface area contributed by atoms with Gasteiger partial charge >= 0.3 is 0 Å². The van der Waals surface area contributed by atoms with E-state index in [1.54, 1.807) is 7.11 Å². The van der Waals surface area contributed by atoms with Crippen LogP contribution >= 0.6 is 0 Å². The van der Waals surface area contributed by atoms with Gasteiger partial charge < -0.3 is 20.5 Å². The molecular weight excluding hydrogens is 220 g/mol. The number of rotatable bonds is 4. The Morgan fingerprint density at radius 2 is 2.29 bits per heavy atom. The van der Waals surface area contributed by atoms with Crippen LogP contribution in [0.1, 0.15) is 19.3 Å². The third kappa shape index (κ3) is 2.61. The molecule has 3 N–H and O–H groups in total. The van der Waals surface area contributed by atoms with Crippen LogP contribution in [0.4, 0.5) is 0 Å². The number of nitrogens with two attached hydrogens (primary N) is 1. The molecule has 5 nitrogen and oxygen atoms in total. The Morgan fingerprint density at radius 1 is 1.53 bits per heavy atom. The maximum atomic E-state index is 12.1. The molecule has 1 saturated heterocycles. The average molecular weight is 242 g/mol. The summed E-state index contributed by atoms with van der Waals surface area (Å²) < 4.78 is 4.93. The highest BCUT2D eigenvalue weighted by Crippen LogP contribution is 2.38. The van der Waals surface area contributed by atoms with Crippen LogP contribution in [0.15, 0.2) is 0 Å². The number of aliphatic hydroxyl groups excluding tert-OH is 1. The van der Waals surface area contributed by atoms with Crippen molar-refractivity contribution in [1.82, 2.24) is 4.90 Å². The Kier molecular flexibility index (Phi) is 4.01. The zero-order valence-corrected chi connectivity index (χ0v) is 10.3. The number of carbonyl (C=O) groups is 1. The molecule has 1 aliphatic heterocycles. The van der Waals surface area contributed by atoms with E-state index < -0.39 is 6.04 Å². The molecular formula is C12H22N2O3. The number of hydrogen-bond donors (Lipinski definition) is 2. The highest BCUT2D eigenvalue weighted by molar-refractivity contribution is 5.82. The molecule has 2 fully saturated rings. The van der Waals surface area contributed by atoms with Crippen molar-refractivity contribution in [3.05, 3.63) is 0 Å². The molecule has 98 valence electrons. The van der Waals surface area contributed by atoms with Crippen LogP contribution in [-0.4, -0.2) is 54.9 Å². The van der Waals surface area contributed by atoms with Crippen LogP contribution in [0, 0.1) is 11.8 Å². The molecule has 4 atom stereocenters. The Labute approximate surface area is 102 Å². The molecule has 0 aromatic rings. The smallest absolute Gasteiger partial charge is 0.239 e. The van der Waals surface area contributed by atoms with E-state index in [1.165, 1.54) is 0 Å². The van der Waals surface area contributed by atoms with Gasteiger partial charge in [0.05, 0.1) is 12.1 Å². The quantitative estimate of drug-likeness (QED) is 0.702. The lowest BCUT2D eigenvalue weighted by atomic mass is 10.00. The number of likely N-dealkylation sites (tertiary alicyclic amines) is 1. The summed E-state index contributed by atoms with van der Waals surface area (Å²) >= 11 is 0. The van der Waals surface area contributed by atoms with Gasteiger partial charge in [0.15, 0.2) is 0 Å². The van der Waals surface area contributed by atoms with E-state index >= 15 is 0 Å². The van der Waals surface area contributed by atoms with Crippen LogP contribution in [0.5, 0.6) is 0 Å². The van der Waals surface area contributed by atoms with Crippen molar-refractivity contribution in [2.75, 3.05) is 26.8 Å². The van der Waals surface area contributed by atoms with E-state index in [2.05, 4.69) is 0 Å². The van der Waals surface area contributed by atoms with E-state index in [-0.39, 0.29) is 17.9 Å². The molecule has 0 bridgehead atoms. The highest BCUT2D eigenvalue weighted by atomic mass is 16.5. The molecule has 1 aliphatic carbocycles. The SMILES string of the molecule is COCCC(N)C(=O)N1CC2CCC(O)C2C1. The average Bonchev–Trinajstić information content (AvgIpc) is 2.88. The van der Waals surface area contributed by atoms with Crippen LogP contribution in [0.25, 0.3) is 0 Å². The summed E-state index contributed by atoms with van der Waals surface area (Å²) in [6.45, 7) is 1.95. The maximum Gasteiger partial charge on any atom is 0.239 e. The zero-order valence-electron chi connectivity index (χ0n) is 10.3. The van der Waals surface area contributed by atoms with Crippen molar-refractivity contribution in [3.8, 4) is 0 Å². The number of aliphatic hydroxyl groups is 1. The van der Waals surface area contributed by atoms with Crippen LogP contribution in [-0.2, 0) is 9.53 Å². The normalized spacial score (nSPS) is 33.8. The van der Waals surface area contributed by atoms with E-state index in [4.69, 9.17) is 10.5 Å². The van der Waals surface area contributed by atoms with E-state index in [0.29, 0.717) is 25.5 Å². The number of ether oxygens (including phenoxy) is 1. The highest BCUT2D eigenvalue weighted by Gasteiger charge is 2.43. The number of carbonyl (C=O) groups excluding carboxylic acids is 1. The lowest BCUT2D eigenvalue weighted by molar-refractivity contribution is -0.132. The third-order valence-corrected chi connectivity index (χ3v) is 4.08. The Balaban J connectivity index is 1.86. The Hall–Kier alpha value is -0.650. The van der Waals surface area contributed by atoms with Crippen molar-refractivity contribution in [2.24, 2.45) is 17.6 Å². The lowest BCUT2D eigenvalue weighted by Gasteiger charge is -2.22. The first-order chi connectivity index (χ1) is 8.13. The predicted octanol–water partition coefficient (Wildman–Crippen LogP) is -0.420. The summed E-state index contributed by atoms with van der Waals surface area (Å²) in [5, 5.41) is 9.79. The molecule has 0 aromatic heterocycles. The Bertz CT molecular complexity index is 285. The first kappa shape index (κ1) is 12.8. The molecule has 0 spiro atoms. The minimum Gasteiger partial charge on any atom is -0.393 e. The molecule has 1 saturated carbocycles. The van der Waals surface area contributed by atoms with Crippen molar-refractivity contribution < 1.29 is 14.6 Å². The summed E-state index contributed by atoms with van der Waals surface area (Å²) in [6, 6.07) is -0.467. The van der Waals surface area contributed by atoms with Gasteiger partial charge in [0.1, 0.15) is 0 Å². The first-order valence-corrected chi connectivity index (χ1v) is 6.35. The van der Waals surface area contributed by atoms with E-state index in [1.807, 2.05) is 4.90 Å². The number of hydrogen-bond acceptors (Lipinski definition) is 4. The van der Waals surface area contributed by atoms with Gasteiger partial charge in [-0.25, -0.2) is 0 Å². The number of methoxy groups -OCH3 is 1. The van der Waals surface area contributed by atoms with Crippen molar-refractivity contribution in [3.63, 3.8) is 0 Å². The van der Waals surface area contributed by atoms with Gasteiger partial charge in [-0.05, 0) is 25.2 Å². The standard InChI is InChI=1S/C12H22N2O3/c1-17-5-4-10(13)12(16)14-6-8-2-3-11(15)9(8)7-14/h8-11,15H,2-7,13H2,1H3. The van der Waals surface area contributed by atoms with Gasteiger partial charge in [-0.3, -0.25) is 4.79 Å². The van der Waals surface area contributed by atoms with Crippen molar-refractivity contribution in [2.45, 2.75) is 31.4 Å². The fourth-order valence-electron chi connectivity index (χ4n) is 3.02. The molecule has 17 heavy (non-hydrogen) atoms. The second kappa shape index (κ2) is 5.33. The molecule has 0 radical (unpaired) electrons. The second-order valence-corrected chi connectivity index (χ2v) is 5.20. The van der Waals surface area contributed by atoms with Gasteiger partial charge in [0.25, 0.3) is 0 Å². The lowest BCUT2D eigenvalue weighted by Crippen LogP contribution is -2.43. The zero-order chi connectivity index (χ0) is 12.4. The molecule has 1 heterocycles. The summed E-state index contributed by atoms with van der Waals surface area (Å²) in [7, 11) is 1.60. The molecule has 4 unspecified atom stereocenters. The first-order valence-electron chi connectivity index (χ1n) is 6.35. The number of fused-ring (bicyclic) bond motifs is 1. The van der Waals surface area contributed by atoms with Gasteiger partial charge in [-0.2, -0.15) is 0 Å². The second-order valence-electron chi connectivity index (χ2n) is 5.20. The summed E-state index contributed by atoms with van der Waals surface area (Å²) in [5.74, 6) is 0.751. The predicted molar refractivity (Wildman–Crippen MR) is 63.3 cm³/mol. The van der Waals surface area contributed by atoms with E-state index in [0.717, 1.165) is 19.4 Å². The molecule has 1 amide bonds. The van der Waals surface area contributed by atoms with Crippen LogP contribution < -0.4 is 5.73 Å². The monoisotopic (exact) mass is 242 g/mol. The fourth-order valence-corrected chi connectivity index (χ4v) is 3.02. The minimum absolute atomic E-state index is 0.00338. The Morgan fingerprint density at radius 3 is 2.94 bits per heavy atom. The van der Waals surface area contributed by atoms with Crippen LogP contribution in [0.2, 0.25) is 0 Å². The van der Waals surface area contributed by atoms with Crippen molar-refractivity contribution >= 4 is 5.91 Å². The summed E-state index contributed by atoms with van der Waals surface area (Å²) in [4.78, 5) is 13.9. The summed E-state index contributed by atoms with van der Waals surface area (Å²) in [5.41, 5.74) is 5.83. The topological polar surface area (TPSA) is 75.8 Å².